The number of sulfonamides is 1. The Morgan fingerprint density at radius 2 is 1.84 bits per heavy atom. The van der Waals surface area contributed by atoms with Gasteiger partial charge < -0.3 is 10.1 Å². The molecule has 162 valence electrons. The van der Waals surface area contributed by atoms with Crippen molar-refractivity contribution >= 4 is 27.5 Å². The van der Waals surface area contributed by atoms with Gasteiger partial charge in [0.15, 0.2) is 0 Å². The standard InChI is InChI=1S/C21H19ClFN3O4S/c1-30-17-6-2-14(3-7-17)11-25-21(27)15-4-5-16(24-12-15)13-26-31(28,29)18-8-9-20(23)19(22)10-18/h2-10,12,26H,11,13H2,1H3,(H,25,27). The third kappa shape index (κ3) is 6.00. The molecule has 0 unspecified atom stereocenters. The summed E-state index contributed by atoms with van der Waals surface area (Å²) in [6, 6.07) is 13.5. The predicted molar refractivity (Wildman–Crippen MR) is 114 cm³/mol. The molecule has 0 spiro atoms. The van der Waals surface area contributed by atoms with Crippen LogP contribution < -0.4 is 14.8 Å². The van der Waals surface area contributed by atoms with E-state index in [9.17, 15) is 17.6 Å². The van der Waals surface area contributed by atoms with Crippen molar-refractivity contribution in [3.63, 3.8) is 0 Å². The fraction of sp³-hybridized carbons (Fsp3) is 0.143. The zero-order valence-electron chi connectivity index (χ0n) is 16.4. The van der Waals surface area contributed by atoms with Gasteiger partial charge in [-0.2, -0.15) is 0 Å². The minimum absolute atomic E-state index is 0.106. The Bertz CT molecular complexity index is 1170. The van der Waals surface area contributed by atoms with Crippen molar-refractivity contribution in [3.05, 3.63) is 88.5 Å². The number of hydrogen-bond acceptors (Lipinski definition) is 5. The summed E-state index contributed by atoms with van der Waals surface area (Å²) in [7, 11) is -2.32. The van der Waals surface area contributed by atoms with Gasteiger partial charge in [-0.15, -0.1) is 0 Å². The molecule has 0 radical (unpaired) electrons. The zero-order chi connectivity index (χ0) is 22.4. The van der Waals surface area contributed by atoms with Crippen molar-refractivity contribution in [3.8, 4) is 5.75 Å². The summed E-state index contributed by atoms with van der Waals surface area (Å²) < 4.78 is 45.3. The second kappa shape index (κ2) is 9.86. The van der Waals surface area contributed by atoms with E-state index in [1.807, 2.05) is 12.1 Å². The number of aromatic nitrogens is 1. The molecule has 0 atom stereocenters. The Balaban J connectivity index is 1.56. The smallest absolute Gasteiger partial charge is 0.253 e. The van der Waals surface area contributed by atoms with Gasteiger partial charge >= 0.3 is 0 Å². The van der Waals surface area contributed by atoms with Gasteiger partial charge in [-0.1, -0.05) is 23.7 Å². The van der Waals surface area contributed by atoms with Crippen LogP contribution in [-0.2, 0) is 23.1 Å². The number of ether oxygens (including phenoxy) is 1. The highest BCUT2D eigenvalue weighted by Crippen LogP contribution is 2.19. The second-order valence-corrected chi connectivity index (χ2v) is 8.64. The van der Waals surface area contributed by atoms with Gasteiger partial charge in [0.2, 0.25) is 10.0 Å². The van der Waals surface area contributed by atoms with Gasteiger partial charge in [-0.25, -0.2) is 17.5 Å². The molecule has 0 aliphatic rings. The highest BCUT2D eigenvalue weighted by atomic mass is 35.5. The van der Waals surface area contributed by atoms with Gasteiger partial charge in [0.25, 0.3) is 5.91 Å². The Labute approximate surface area is 184 Å². The molecule has 0 fully saturated rings. The molecule has 0 aliphatic heterocycles. The summed E-state index contributed by atoms with van der Waals surface area (Å²) in [5, 5.41) is 2.50. The molecule has 2 N–H and O–H groups in total. The molecule has 2 aromatic carbocycles. The van der Waals surface area contributed by atoms with E-state index in [1.54, 1.807) is 31.4 Å². The molecule has 0 aliphatic carbocycles. The summed E-state index contributed by atoms with van der Waals surface area (Å²) in [6.45, 7) is 0.232. The Morgan fingerprint density at radius 1 is 1.10 bits per heavy atom. The van der Waals surface area contributed by atoms with Crippen molar-refractivity contribution in [2.45, 2.75) is 18.0 Å². The lowest BCUT2D eigenvalue weighted by molar-refractivity contribution is 0.0950. The maximum absolute atomic E-state index is 13.2. The Hall–Kier alpha value is -3.01. The number of nitrogens with zero attached hydrogens (tertiary/aromatic N) is 1. The van der Waals surface area contributed by atoms with E-state index in [2.05, 4.69) is 15.0 Å². The number of benzene rings is 2. The molecule has 1 aromatic heterocycles. The van der Waals surface area contributed by atoms with Crippen LogP contribution in [0.5, 0.6) is 5.75 Å². The third-order valence-corrected chi connectivity index (χ3v) is 6.03. The molecule has 0 saturated carbocycles. The number of methoxy groups -OCH3 is 1. The molecule has 7 nitrogen and oxygen atoms in total. The molecular formula is C21H19ClFN3O4S. The van der Waals surface area contributed by atoms with E-state index >= 15 is 0 Å². The molecule has 3 aromatic rings. The first-order valence-electron chi connectivity index (χ1n) is 9.09. The van der Waals surface area contributed by atoms with Crippen LogP contribution in [0.25, 0.3) is 0 Å². The molecule has 0 saturated heterocycles. The molecule has 10 heteroatoms. The molecule has 3 rings (SSSR count). The lowest BCUT2D eigenvalue weighted by atomic mass is 10.2. The maximum Gasteiger partial charge on any atom is 0.253 e. The number of hydrogen-bond donors (Lipinski definition) is 2. The van der Waals surface area contributed by atoms with Gasteiger partial charge in [-0.05, 0) is 48.0 Å². The first-order valence-corrected chi connectivity index (χ1v) is 11.0. The molecule has 1 heterocycles. The summed E-state index contributed by atoms with van der Waals surface area (Å²) in [6.07, 6.45) is 1.36. The predicted octanol–water partition coefficient (Wildman–Crippen LogP) is 3.29. The van der Waals surface area contributed by atoms with Crippen LogP contribution in [0.4, 0.5) is 4.39 Å². The number of carbonyl (C=O) groups is 1. The van der Waals surface area contributed by atoms with Crippen molar-refractivity contribution in [1.82, 2.24) is 15.0 Å². The van der Waals surface area contributed by atoms with Crippen LogP contribution in [0.2, 0.25) is 5.02 Å². The van der Waals surface area contributed by atoms with E-state index in [1.165, 1.54) is 6.20 Å². The van der Waals surface area contributed by atoms with Gasteiger partial charge in [0.1, 0.15) is 11.6 Å². The molecule has 1 amide bonds. The number of carbonyl (C=O) groups excluding carboxylic acids is 1. The highest BCUT2D eigenvalue weighted by molar-refractivity contribution is 7.89. The van der Waals surface area contributed by atoms with E-state index in [4.69, 9.17) is 16.3 Å². The topological polar surface area (TPSA) is 97.4 Å². The van der Waals surface area contributed by atoms with E-state index in [-0.39, 0.29) is 22.4 Å². The van der Waals surface area contributed by atoms with Crippen LogP contribution in [0.3, 0.4) is 0 Å². The van der Waals surface area contributed by atoms with Crippen molar-refractivity contribution in [2.24, 2.45) is 0 Å². The minimum atomic E-state index is -3.90. The minimum Gasteiger partial charge on any atom is -0.497 e. The molecule has 31 heavy (non-hydrogen) atoms. The number of rotatable bonds is 8. The third-order valence-electron chi connectivity index (χ3n) is 4.34. The van der Waals surface area contributed by atoms with Crippen molar-refractivity contribution in [2.75, 3.05) is 7.11 Å². The summed E-state index contributed by atoms with van der Waals surface area (Å²) in [4.78, 5) is 16.2. The monoisotopic (exact) mass is 463 g/mol. The zero-order valence-corrected chi connectivity index (χ0v) is 18.0. The Morgan fingerprint density at radius 3 is 2.45 bits per heavy atom. The molecule has 0 bridgehead atoms. The van der Waals surface area contributed by atoms with Crippen LogP contribution in [-0.4, -0.2) is 26.4 Å². The highest BCUT2D eigenvalue weighted by Gasteiger charge is 2.16. The number of halogens is 2. The summed E-state index contributed by atoms with van der Waals surface area (Å²) in [5.41, 5.74) is 1.66. The average molecular weight is 464 g/mol. The molecular weight excluding hydrogens is 445 g/mol. The summed E-state index contributed by atoms with van der Waals surface area (Å²) >= 11 is 5.64. The van der Waals surface area contributed by atoms with Crippen LogP contribution in [0.15, 0.2) is 65.7 Å². The quantitative estimate of drug-likeness (QED) is 0.534. The van der Waals surface area contributed by atoms with Gasteiger partial charge in [-0.3, -0.25) is 9.78 Å². The summed E-state index contributed by atoms with van der Waals surface area (Å²) in [5.74, 6) is -0.285. The average Bonchev–Trinajstić information content (AvgIpc) is 2.78. The Kier molecular flexibility index (Phi) is 7.21. The van der Waals surface area contributed by atoms with E-state index < -0.39 is 15.8 Å². The number of amides is 1. The maximum atomic E-state index is 13.2. The number of pyridine rings is 1. The second-order valence-electron chi connectivity index (χ2n) is 6.47. The van der Waals surface area contributed by atoms with Gasteiger partial charge in [0.05, 0.1) is 34.8 Å². The van der Waals surface area contributed by atoms with Crippen molar-refractivity contribution < 1.29 is 22.3 Å². The van der Waals surface area contributed by atoms with E-state index in [0.29, 0.717) is 17.8 Å². The lowest BCUT2D eigenvalue weighted by Crippen LogP contribution is -2.25. The first-order chi connectivity index (χ1) is 14.8. The largest absolute Gasteiger partial charge is 0.497 e. The lowest BCUT2D eigenvalue weighted by Gasteiger charge is -2.08. The fourth-order valence-corrected chi connectivity index (χ4v) is 3.86. The van der Waals surface area contributed by atoms with Crippen LogP contribution in [0.1, 0.15) is 21.6 Å². The normalized spacial score (nSPS) is 11.2. The van der Waals surface area contributed by atoms with E-state index in [0.717, 1.165) is 29.5 Å². The van der Waals surface area contributed by atoms with Crippen LogP contribution >= 0.6 is 11.6 Å². The first kappa shape index (κ1) is 22.7. The van der Waals surface area contributed by atoms with Crippen molar-refractivity contribution in [1.29, 1.82) is 0 Å². The fourth-order valence-electron chi connectivity index (χ4n) is 2.59. The SMILES string of the molecule is COc1ccc(CNC(=O)c2ccc(CNS(=O)(=O)c3ccc(F)c(Cl)c3)nc2)cc1. The van der Waals surface area contributed by atoms with Crippen LogP contribution in [0, 0.1) is 5.82 Å². The number of nitrogens with one attached hydrogen (secondary N) is 2. The van der Waals surface area contributed by atoms with Gasteiger partial charge in [0, 0.05) is 12.7 Å².